The standard InChI is InChI=1S/C5H9N3O2/c6-8-7-4-3-10-2-1-5(4)9/h4-5,9H,1-3H2/t4-,5?/m1/s1. The predicted octanol–water partition coefficient (Wildman–Crippen LogP) is 0.447. The van der Waals surface area contributed by atoms with Gasteiger partial charge < -0.3 is 9.84 Å². The Kier molecular flexibility index (Phi) is 2.50. The molecule has 5 nitrogen and oxygen atoms in total. The molecule has 1 heterocycles. The van der Waals surface area contributed by atoms with Crippen molar-refractivity contribution in [2.45, 2.75) is 18.6 Å². The van der Waals surface area contributed by atoms with Gasteiger partial charge in [-0.05, 0) is 12.0 Å². The number of rotatable bonds is 1. The summed E-state index contributed by atoms with van der Waals surface area (Å²) < 4.78 is 4.98. The third-order valence-electron chi connectivity index (χ3n) is 1.49. The quantitative estimate of drug-likeness (QED) is 0.328. The molecule has 0 aromatic rings. The zero-order valence-corrected chi connectivity index (χ0v) is 5.47. The van der Waals surface area contributed by atoms with E-state index in [1.165, 1.54) is 0 Å². The van der Waals surface area contributed by atoms with Crippen LogP contribution in [0, 0.1) is 0 Å². The van der Waals surface area contributed by atoms with Crippen molar-refractivity contribution in [2.75, 3.05) is 13.2 Å². The second-order valence-corrected chi connectivity index (χ2v) is 2.20. The zero-order chi connectivity index (χ0) is 7.40. The highest BCUT2D eigenvalue weighted by molar-refractivity contribution is 4.78. The maximum Gasteiger partial charge on any atom is 0.0867 e. The number of hydrogen-bond donors (Lipinski definition) is 1. The molecule has 1 N–H and O–H groups in total. The summed E-state index contributed by atoms with van der Waals surface area (Å²) in [5, 5.41) is 12.5. The predicted molar refractivity (Wildman–Crippen MR) is 34.4 cm³/mol. The second-order valence-electron chi connectivity index (χ2n) is 2.20. The lowest BCUT2D eigenvalue weighted by atomic mass is 10.1. The van der Waals surface area contributed by atoms with Crippen LogP contribution >= 0.6 is 0 Å². The molecule has 0 bridgehead atoms. The lowest BCUT2D eigenvalue weighted by molar-refractivity contribution is -0.00298. The minimum absolute atomic E-state index is 0.339. The fourth-order valence-electron chi connectivity index (χ4n) is 0.888. The molecule has 0 amide bonds. The van der Waals surface area contributed by atoms with Crippen LogP contribution in [-0.2, 0) is 4.74 Å². The van der Waals surface area contributed by atoms with E-state index in [9.17, 15) is 0 Å². The van der Waals surface area contributed by atoms with Gasteiger partial charge in [-0.3, -0.25) is 0 Å². The molecule has 56 valence electrons. The third kappa shape index (κ3) is 1.60. The molecule has 1 aliphatic heterocycles. The third-order valence-corrected chi connectivity index (χ3v) is 1.49. The first-order valence-electron chi connectivity index (χ1n) is 3.14. The van der Waals surface area contributed by atoms with E-state index >= 15 is 0 Å². The lowest BCUT2D eigenvalue weighted by Gasteiger charge is -2.23. The van der Waals surface area contributed by atoms with Crippen molar-refractivity contribution in [3.63, 3.8) is 0 Å². The monoisotopic (exact) mass is 143 g/mol. The summed E-state index contributed by atoms with van der Waals surface area (Å²) >= 11 is 0. The van der Waals surface area contributed by atoms with Crippen molar-refractivity contribution in [3.05, 3.63) is 10.4 Å². The Labute approximate surface area is 58.2 Å². The zero-order valence-electron chi connectivity index (χ0n) is 5.47. The number of ether oxygens (including phenoxy) is 1. The molecule has 1 unspecified atom stereocenters. The first-order chi connectivity index (χ1) is 4.84. The van der Waals surface area contributed by atoms with Crippen molar-refractivity contribution < 1.29 is 9.84 Å². The van der Waals surface area contributed by atoms with Gasteiger partial charge in [0.2, 0.25) is 0 Å². The summed E-state index contributed by atoms with van der Waals surface area (Å²) in [5.41, 5.74) is 8.03. The number of hydrogen-bond acceptors (Lipinski definition) is 3. The largest absolute Gasteiger partial charge is 0.393 e. The number of azide groups is 1. The fourth-order valence-corrected chi connectivity index (χ4v) is 0.888. The molecular weight excluding hydrogens is 134 g/mol. The lowest BCUT2D eigenvalue weighted by Crippen LogP contribution is -2.34. The molecule has 1 aliphatic rings. The van der Waals surface area contributed by atoms with Gasteiger partial charge in [-0.2, -0.15) is 0 Å². The van der Waals surface area contributed by atoms with Gasteiger partial charge in [0.05, 0.1) is 18.8 Å². The Bertz CT molecular complexity index is 155. The topological polar surface area (TPSA) is 78.2 Å². The molecule has 1 fully saturated rings. The Morgan fingerprint density at radius 3 is 3.10 bits per heavy atom. The van der Waals surface area contributed by atoms with Crippen molar-refractivity contribution in [1.82, 2.24) is 0 Å². The maximum absolute atomic E-state index is 9.16. The summed E-state index contributed by atoms with van der Waals surface area (Å²) in [6, 6.07) is -0.390. The second kappa shape index (κ2) is 3.41. The van der Waals surface area contributed by atoms with Crippen LogP contribution in [0.2, 0.25) is 0 Å². The van der Waals surface area contributed by atoms with Crippen LogP contribution < -0.4 is 0 Å². The first kappa shape index (κ1) is 7.34. The Morgan fingerprint density at radius 1 is 1.70 bits per heavy atom. The molecule has 0 radical (unpaired) electrons. The van der Waals surface area contributed by atoms with Gasteiger partial charge in [-0.25, -0.2) is 0 Å². The first-order valence-corrected chi connectivity index (χ1v) is 3.14. The molecule has 1 rings (SSSR count). The molecule has 0 saturated carbocycles. The van der Waals surface area contributed by atoms with Gasteiger partial charge >= 0.3 is 0 Å². The van der Waals surface area contributed by atoms with Crippen molar-refractivity contribution in [3.8, 4) is 0 Å². The van der Waals surface area contributed by atoms with E-state index in [1.54, 1.807) is 0 Å². The van der Waals surface area contributed by atoms with Gasteiger partial charge in [-0.15, -0.1) is 0 Å². The maximum atomic E-state index is 9.16. The van der Waals surface area contributed by atoms with E-state index in [4.69, 9.17) is 15.4 Å². The van der Waals surface area contributed by atoms with Crippen LogP contribution in [0.3, 0.4) is 0 Å². The van der Waals surface area contributed by atoms with E-state index in [2.05, 4.69) is 10.0 Å². The van der Waals surface area contributed by atoms with Crippen LogP contribution in [0.25, 0.3) is 10.4 Å². The highest BCUT2D eigenvalue weighted by Crippen LogP contribution is 2.10. The van der Waals surface area contributed by atoms with Gasteiger partial charge in [0, 0.05) is 11.5 Å². The minimum atomic E-state index is -0.523. The van der Waals surface area contributed by atoms with E-state index in [0.717, 1.165) is 0 Å². The van der Waals surface area contributed by atoms with Gasteiger partial charge in [0.25, 0.3) is 0 Å². The average Bonchev–Trinajstić information content (AvgIpc) is 1.94. The van der Waals surface area contributed by atoms with E-state index in [1.807, 2.05) is 0 Å². The molecule has 2 atom stereocenters. The minimum Gasteiger partial charge on any atom is -0.393 e. The molecule has 0 aliphatic carbocycles. The van der Waals surface area contributed by atoms with Crippen LogP contribution in [0.5, 0.6) is 0 Å². The van der Waals surface area contributed by atoms with Crippen LogP contribution in [0.4, 0.5) is 0 Å². The summed E-state index contributed by atoms with van der Waals surface area (Å²) in [7, 11) is 0. The van der Waals surface area contributed by atoms with Crippen molar-refractivity contribution >= 4 is 0 Å². The summed E-state index contributed by atoms with van der Waals surface area (Å²) in [5.74, 6) is 0. The molecule has 0 aromatic heterocycles. The highest BCUT2D eigenvalue weighted by Gasteiger charge is 2.21. The van der Waals surface area contributed by atoms with Crippen molar-refractivity contribution in [2.24, 2.45) is 5.11 Å². The molecular formula is C5H9N3O2. The molecule has 0 aromatic carbocycles. The van der Waals surface area contributed by atoms with E-state index in [-0.39, 0.29) is 0 Å². The van der Waals surface area contributed by atoms with Crippen LogP contribution in [-0.4, -0.2) is 30.5 Å². The number of aliphatic hydroxyl groups excluding tert-OH is 1. The highest BCUT2D eigenvalue weighted by atomic mass is 16.5. The molecule has 0 spiro atoms. The summed E-state index contributed by atoms with van der Waals surface area (Å²) in [6.07, 6.45) is 0.0357. The van der Waals surface area contributed by atoms with E-state index < -0.39 is 12.1 Å². The van der Waals surface area contributed by atoms with Gasteiger partial charge in [0.15, 0.2) is 0 Å². The molecule has 1 saturated heterocycles. The van der Waals surface area contributed by atoms with Crippen LogP contribution in [0.15, 0.2) is 5.11 Å². The average molecular weight is 143 g/mol. The Balaban J connectivity index is 2.47. The Morgan fingerprint density at radius 2 is 2.50 bits per heavy atom. The van der Waals surface area contributed by atoms with Gasteiger partial charge in [0.1, 0.15) is 0 Å². The van der Waals surface area contributed by atoms with E-state index in [0.29, 0.717) is 19.6 Å². The molecule has 10 heavy (non-hydrogen) atoms. The SMILES string of the molecule is [N-]=[N+]=N[C@@H]1COCCC1O. The smallest absolute Gasteiger partial charge is 0.0867 e. The normalized spacial score (nSPS) is 32.9. The summed E-state index contributed by atoms with van der Waals surface area (Å²) in [6.45, 7) is 0.893. The summed E-state index contributed by atoms with van der Waals surface area (Å²) in [4.78, 5) is 2.59. The fraction of sp³-hybridized carbons (Fsp3) is 1.00. The number of nitrogens with zero attached hydrogens (tertiary/aromatic N) is 3. The van der Waals surface area contributed by atoms with Gasteiger partial charge in [-0.1, -0.05) is 5.11 Å². The Hall–Kier alpha value is -0.770. The van der Waals surface area contributed by atoms with Crippen LogP contribution in [0.1, 0.15) is 6.42 Å². The van der Waals surface area contributed by atoms with Crippen molar-refractivity contribution in [1.29, 1.82) is 0 Å². The number of aliphatic hydroxyl groups is 1. The molecule has 5 heteroatoms.